The fraction of sp³-hybridized carbons (Fsp3) is 0.188. The quantitative estimate of drug-likeness (QED) is 0.419. The number of pyridine rings is 1. The van der Waals surface area contributed by atoms with Crippen molar-refractivity contribution in [2.75, 3.05) is 18.4 Å². The minimum absolute atomic E-state index is 0.00593. The summed E-state index contributed by atoms with van der Waals surface area (Å²) < 4.78 is 1.75. The van der Waals surface area contributed by atoms with Gasteiger partial charge in [0.15, 0.2) is 0 Å². The third-order valence-corrected chi connectivity index (χ3v) is 7.65. The molecule has 0 aliphatic carbocycles. The van der Waals surface area contributed by atoms with Crippen LogP contribution in [-0.4, -0.2) is 34.4 Å². The normalized spacial score (nSPS) is 17.6. The third-order valence-electron chi connectivity index (χ3n) is 7.65. The summed E-state index contributed by atoms with van der Waals surface area (Å²) in [6.45, 7) is 1.64. The van der Waals surface area contributed by atoms with Crippen LogP contribution in [0.5, 0.6) is 0 Å². The number of anilines is 1. The smallest absolute Gasteiger partial charge is 0.274 e. The van der Waals surface area contributed by atoms with Crippen LogP contribution in [0.3, 0.4) is 0 Å². The Balaban J connectivity index is 1.18. The van der Waals surface area contributed by atoms with E-state index in [1.165, 1.54) is 0 Å². The highest BCUT2D eigenvalue weighted by Gasteiger charge is 2.37. The van der Waals surface area contributed by atoms with Crippen LogP contribution >= 0.6 is 0 Å². The number of likely N-dealkylation sites (tertiary alicyclic amines) is 1. The summed E-state index contributed by atoms with van der Waals surface area (Å²) in [7, 11) is 0. The summed E-state index contributed by atoms with van der Waals surface area (Å²) >= 11 is 0. The first-order chi connectivity index (χ1) is 19.0. The van der Waals surface area contributed by atoms with E-state index in [1.807, 2.05) is 71.6 Å². The SMILES string of the molecule is N#Cc1ccc(C(=O)Nc2ccc3n(c2=O)C[C@H]2C[C@@H]3CN(C(=O)c3ccc(-c4ccccc4)cc3)C2)cc1. The standard InChI is InChI=1S/C32H26N4O3/c33-17-21-6-8-25(9-7-21)30(37)34-28-14-15-29-27-16-22(19-36(29)32(28)39)18-35(20-27)31(38)26-12-10-24(11-13-26)23-4-2-1-3-5-23/h1-15,22,27H,16,18-20H2,(H,34,37)/t22-,27+/m0/s1. The molecule has 7 nitrogen and oxygen atoms in total. The van der Waals surface area contributed by atoms with E-state index in [4.69, 9.17) is 5.26 Å². The second-order valence-electron chi connectivity index (χ2n) is 10.2. The maximum Gasteiger partial charge on any atom is 0.274 e. The van der Waals surface area contributed by atoms with Crippen molar-refractivity contribution in [3.63, 3.8) is 0 Å². The molecule has 0 radical (unpaired) electrons. The van der Waals surface area contributed by atoms with Gasteiger partial charge in [0.05, 0.1) is 11.6 Å². The number of piperidine rings is 1. The molecule has 2 amide bonds. The summed E-state index contributed by atoms with van der Waals surface area (Å²) in [4.78, 5) is 41.3. The van der Waals surface area contributed by atoms with E-state index in [1.54, 1.807) is 34.9 Å². The largest absolute Gasteiger partial charge is 0.338 e. The van der Waals surface area contributed by atoms with Crippen LogP contribution in [-0.2, 0) is 6.54 Å². The lowest BCUT2D eigenvalue weighted by atomic mass is 9.83. The molecule has 0 unspecified atom stereocenters. The second kappa shape index (κ2) is 10.1. The van der Waals surface area contributed by atoms with Gasteiger partial charge >= 0.3 is 0 Å². The number of rotatable bonds is 4. The first kappa shape index (κ1) is 24.4. The van der Waals surface area contributed by atoms with Crippen LogP contribution < -0.4 is 10.9 Å². The van der Waals surface area contributed by atoms with Gasteiger partial charge in [0.1, 0.15) is 5.69 Å². The lowest BCUT2D eigenvalue weighted by molar-refractivity contribution is 0.0594. The van der Waals surface area contributed by atoms with E-state index in [9.17, 15) is 14.4 Å². The number of amides is 2. The number of nitrogens with zero attached hydrogens (tertiary/aromatic N) is 3. The third kappa shape index (κ3) is 4.73. The number of fused-ring (bicyclic) bond motifs is 4. The molecule has 2 bridgehead atoms. The highest BCUT2D eigenvalue weighted by atomic mass is 16.2. The molecule has 1 aromatic heterocycles. The number of benzene rings is 3. The number of hydrogen-bond donors (Lipinski definition) is 1. The lowest BCUT2D eigenvalue weighted by Crippen LogP contribution is -2.49. The van der Waals surface area contributed by atoms with Gasteiger partial charge in [0.25, 0.3) is 17.4 Å². The topological polar surface area (TPSA) is 95.2 Å². The van der Waals surface area contributed by atoms with Gasteiger partial charge in [-0.1, -0.05) is 42.5 Å². The molecule has 7 heteroatoms. The average molecular weight is 515 g/mol. The molecule has 39 heavy (non-hydrogen) atoms. The first-order valence-electron chi connectivity index (χ1n) is 13.0. The van der Waals surface area contributed by atoms with Crippen molar-refractivity contribution in [2.24, 2.45) is 5.92 Å². The molecule has 1 fully saturated rings. The average Bonchev–Trinajstić information content (AvgIpc) is 2.99. The minimum Gasteiger partial charge on any atom is -0.338 e. The van der Waals surface area contributed by atoms with Gasteiger partial charge in [0.2, 0.25) is 0 Å². The Hall–Kier alpha value is -4.96. The molecule has 2 aliphatic heterocycles. The van der Waals surface area contributed by atoms with Gasteiger partial charge < -0.3 is 14.8 Å². The lowest BCUT2D eigenvalue weighted by Gasteiger charge is -2.43. The molecule has 1 N–H and O–H groups in total. The second-order valence-corrected chi connectivity index (χ2v) is 10.2. The molecule has 3 heterocycles. The summed E-state index contributed by atoms with van der Waals surface area (Å²) in [6, 6.07) is 29.6. The van der Waals surface area contributed by atoms with E-state index in [2.05, 4.69) is 5.32 Å². The van der Waals surface area contributed by atoms with Gasteiger partial charge in [0, 0.05) is 42.4 Å². The van der Waals surface area contributed by atoms with Crippen molar-refractivity contribution in [3.05, 3.63) is 124 Å². The number of nitrogens with one attached hydrogen (secondary N) is 1. The maximum absolute atomic E-state index is 13.4. The van der Waals surface area contributed by atoms with Crippen molar-refractivity contribution in [1.82, 2.24) is 9.47 Å². The number of hydrogen-bond acceptors (Lipinski definition) is 4. The summed E-state index contributed by atoms with van der Waals surface area (Å²) in [6.07, 6.45) is 0.924. The molecule has 2 aliphatic rings. The summed E-state index contributed by atoms with van der Waals surface area (Å²) in [5.74, 6) is -0.179. The molecular formula is C32H26N4O3. The number of nitriles is 1. The number of carbonyl (C=O) groups is 2. The molecule has 0 spiro atoms. The zero-order valence-corrected chi connectivity index (χ0v) is 21.2. The van der Waals surface area contributed by atoms with Crippen LogP contribution in [0.25, 0.3) is 11.1 Å². The Morgan fingerprint density at radius 2 is 1.49 bits per heavy atom. The monoisotopic (exact) mass is 514 g/mol. The molecule has 2 atom stereocenters. The maximum atomic E-state index is 13.4. The van der Waals surface area contributed by atoms with Gasteiger partial charge in [-0.2, -0.15) is 5.26 Å². The molecule has 0 saturated carbocycles. The van der Waals surface area contributed by atoms with Gasteiger partial charge in [-0.05, 0) is 72.0 Å². The predicted molar refractivity (Wildman–Crippen MR) is 148 cm³/mol. The Morgan fingerprint density at radius 3 is 2.21 bits per heavy atom. The number of carbonyl (C=O) groups excluding carboxylic acids is 2. The number of aromatic nitrogens is 1. The van der Waals surface area contributed by atoms with Crippen LogP contribution in [0.4, 0.5) is 5.69 Å². The van der Waals surface area contributed by atoms with E-state index >= 15 is 0 Å². The molecule has 6 rings (SSSR count). The Labute approximate surface area is 225 Å². The summed E-state index contributed by atoms with van der Waals surface area (Å²) in [5.41, 5.74) is 4.55. The van der Waals surface area contributed by atoms with Gasteiger partial charge in [-0.15, -0.1) is 0 Å². The molecule has 1 saturated heterocycles. The van der Waals surface area contributed by atoms with Gasteiger partial charge in [-0.3, -0.25) is 14.4 Å². The van der Waals surface area contributed by atoms with E-state index in [0.29, 0.717) is 36.3 Å². The highest BCUT2D eigenvalue weighted by Crippen LogP contribution is 2.36. The Bertz CT molecular complexity index is 1650. The predicted octanol–water partition coefficient (Wildman–Crippen LogP) is 4.90. The Morgan fingerprint density at radius 1 is 0.795 bits per heavy atom. The van der Waals surface area contributed by atoms with E-state index < -0.39 is 5.91 Å². The zero-order chi connectivity index (χ0) is 26.9. The van der Waals surface area contributed by atoms with Crippen LogP contribution in [0.15, 0.2) is 95.8 Å². The van der Waals surface area contributed by atoms with Crippen LogP contribution in [0.1, 0.15) is 44.3 Å². The fourth-order valence-corrected chi connectivity index (χ4v) is 5.72. The van der Waals surface area contributed by atoms with Crippen molar-refractivity contribution in [3.8, 4) is 17.2 Å². The van der Waals surface area contributed by atoms with Crippen molar-refractivity contribution in [1.29, 1.82) is 5.26 Å². The fourth-order valence-electron chi connectivity index (χ4n) is 5.72. The molecule has 3 aromatic carbocycles. The van der Waals surface area contributed by atoms with Crippen LogP contribution in [0, 0.1) is 17.2 Å². The zero-order valence-electron chi connectivity index (χ0n) is 21.2. The van der Waals surface area contributed by atoms with Crippen molar-refractivity contribution >= 4 is 17.5 Å². The Kier molecular flexibility index (Phi) is 6.29. The summed E-state index contributed by atoms with van der Waals surface area (Å²) in [5, 5.41) is 11.7. The minimum atomic E-state index is -0.400. The van der Waals surface area contributed by atoms with E-state index in [-0.39, 0.29) is 29.0 Å². The van der Waals surface area contributed by atoms with Gasteiger partial charge in [-0.25, -0.2) is 0 Å². The first-order valence-corrected chi connectivity index (χ1v) is 13.0. The van der Waals surface area contributed by atoms with Crippen molar-refractivity contribution in [2.45, 2.75) is 18.9 Å². The van der Waals surface area contributed by atoms with Crippen LogP contribution in [0.2, 0.25) is 0 Å². The molecule has 192 valence electrons. The molecule has 4 aromatic rings. The highest BCUT2D eigenvalue weighted by molar-refractivity contribution is 6.04. The van der Waals surface area contributed by atoms with Crippen molar-refractivity contribution < 1.29 is 9.59 Å². The molecular weight excluding hydrogens is 488 g/mol. The van der Waals surface area contributed by atoms with E-state index in [0.717, 1.165) is 23.2 Å².